The molecule has 6 N–H and O–H groups in total. The number of ether oxygens (including phenoxy) is 1. The van der Waals surface area contributed by atoms with Gasteiger partial charge in [0.2, 0.25) is 11.7 Å². The molecule has 1 aliphatic rings. The highest BCUT2D eigenvalue weighted by molar-refractivity contribution is 5.96. The highest BCUT2D eigenvalue weighted by Crippen LogP contribution is 2.32. The molecule has 47 heavy (non-hydrogen) atoms. The molecule has 2 atom stereocenters. The highest BCUT2D eigenvalue weighted by Gasteiger charge is 2.36. The van der Waals surface area contributed by atoms with Crippen molar-refractivity contribution in [3.8, 4) is 23.1 Å². The minimum atomic E-state index is -1.21. The molecule has 0 aliphatic carbocycles. The minimum absolute atomic E-state index is 0.0504. The van der Waals surface area contributed by atoms with E-state index in [4.69, 9.17) is 19.9 Å². The number of β-amino-alcohol motifs (C(OH)–C–C–N with tert-alkyl or cyclic N) is 1. The lowest BCUT2D eigenvalue weighted by molar-refractivity contribution is -0.123. The molecule has 1 unspecified atom stereocenters. The van der Waals surface area contributed by atoms with Crippen molar-refractivity contribution in [1.29, 1.82) is 5.26 Å². The van der Waals surface area contributed by atoms with E-state index in [2.05, 4.69) is 31.2 Å². The van der Waals surface area contributed by atoms with E-state index >= 15 is 0 Å². The summed E-state index contributed by atoms with van der Waals surface area (Å²) in [5.41, 5.74) is 1.41. The van der Waals surface area contributed by atoms with Crippen LogP contribution in [0.3, 0.4) is 0 Å². The van der Waals surface area contributed by atoms with Crippen molar-refractivity contribution < 1.29 is 38.1 Å². The molecule has 1 fully saturated rings. The molecule has 1 saturated heterocycles. The first kappa shape index (κ1) is 34.2. The lowest BCUT2D eigenvalue weighted by Crippen LogP contribution is -2.43. The van der Waals surface area contributed by atoms with E-state index in [0.29, 0.717) is 41.2 Å². The Morgan fingerprint density at radius 1 is 1.21 bits per heavy atom. The van der Waals surface area contributed by atoms with Crippen molar-refractivity contribution in [2.24, 2.45) is 0 Å². The van der Waals surface area contributed by atoms with E-state index in [9.17, 15) is 23.5 Å². The molecule has 5 rings (SSSR count). The Hall–Kier alpha value is -5.66. The van der Waals surface area contributed by atoms with E-state index in [0.717, 1.165) is 0 Å². The number of halogens is 2. The maximum Gasteiger partial charge on any atom is 0.290 e. The van der Waals surface area contributed by atoms with Crippen LogP contribution >= 0.6 is 0 Å². The SMILES string of the molecule is Cc1cc(Nc2nccn3c(-c4ccc(OCC#N)c(F)c4F)cnc23)ccc1C(=O)NCCNC(=O)C1C[C@](C)(O)CN1.O=CO. The van der Waals surface area contributed by atoms with Crippen LogP contribution in [0.15, 0.2) is 48.9 Å². The topological polar surface area (TPSA) is 203 Å². The number of anilines is 2. The first-order valence-electron chi connectivity index (χ1n) is 14.3. The Kier molecular flexibility index (Phi) is 11.0. The number of carboxylic acid groups (broad SMARTS) is 1. The molecule has 0 radical (unpaired) electrons. The quantitative estimate of drug-likeness (QED) is 0.109. The van der Waals surface area contributed by atoms with E-state index in [1.54, 1.807) is 48.7 Å². The molecule has 2 amide bonds. The van der Waals surface area contributed by atoms with Crippen LogP contribution in [0.5, 0.6) is 5.75 Å². The van der Waals surface area contributed by atoms with Gasteiger partial charge in [-0.05, 0) is 49.7 Å². The Morgan fingerprint density at radius 2 is 1.96 bits per heavy atom. The third kappa shape index (κ3) is 8.14. The lowest BCUT2D eigenvalue weighted by atomic mass is 10.0. The van der Waals surface area contributed by atoms with Crippen molar-refractivity contribution >= 4 is 35.4 Å². The Labute approximate surface area is 267 Å². The molecular weight excluding hydrogens is 618 g/mol. The van der Waals surface area contributed by atoms with Crippen molar-refractivity contribution in [2.75, 3.05) is 31.6 Å². The Bertz CT molecular complexity index is 1820. The molecule has 0 saturated carbocycles. The van der Waals surface area contributed by atoms with Crippen LogP contribution in [-0.2, 0) is 9.59 Å². The van der Waals surface area contributed by atoms with Crippen molar-refractivity contribution in [3.05, 3.63) is 71.7 Å². The molecule has 1 aliphatic heterocycles. The average Bonchev–Trinajstić information content (AvgIpc) is 3.64. The van der Waals surface area contributed by atoms with Gasteiger partial charge < -0.3 is 36.2 Å². The molecule has 0 spiro atoms. The van der Waals surface area contributed by atoms with Crippen LogP contribution in [0, 0.1) is 29.9 Å². The molecule has 4 aromatic rings. The van der Waals surface area contributed by atoms with E-state index in [1.165, 1.54) is 24.5 Å². The van der Waals surface area contributed by atoms with Crippen molar-refractivity contribution in [2.45, 2.75) is 31.9 Å². The van der Waals surface area contributed by atoms with Gasteiger partial charge in [0.05, 0.1) is 23.5 Å². The number of rotatable bonds is 10. The molecule has 2 aromatic heterocycles. The third-order valence-corrected chi connectivity index (χ3v) is 7.18. The molecule has 0 bridgehead atoms. The number of carbonyl (C=O) groups excluding carboxylic acids is 2. The van der Waals surface area contributed by atoms with Gasteiger partial charge in [0, 0.05) is 55.3 Å². The second-order valence-corrected chi connectivity index (χ2v) is 10.7. The summed E-state index contributed by atoms with van der Waals surface area (Å²) in [4.78, 5) is 42.1. The van der Waals surface area contributed by atoms with Gasteiger partial charge in [-0.25, -0.2) is 14.4 Å². The summed E-state index contributed by atoms with van der Waals surface area (Å²) in [6.45, 7) is 3.59. The first-order chi connectivity index (χ1) is 22.5. The molecule has 3 heterocycles. The van der Waals surface area contributed by atoms with Crippen molar-refractivity contribution in [1.82, 2.24) is 30.3 Å². The molecule has 246 valence electrons. The number of carbonyl (C=O) groups is 3. The van der Waals surface area contributed by atoms with Crippen LogP contribution < -0.4 is 26.0 Å². The summed E-state index contributed by atoms with van der Waals surface area (Å²) in [5, 5.41) is 37.2. The number of hydrogen-bond donors (Lipinski definition) is 6. The maximum absolute atomic E-state index is 14.9. The summed E-state index contributed by atoms with van der Waals surface area (Å²) in [5.74, 6) is -2.89. The predicted octanol–water partition coefficient (Wildman–Crippen LogP) is 2.29. The first-order valence-corrected chi connectivity index (χ1v) is 14.3. The van der Waals surface area contributed by atoms with E-state index in [-0.39, 0.29) is 48.4 Å². The fourth-order valence-electron chi connectivity index (χ4n) is 4.98. The molecule has 16 heteroatoms. The number of aliphatic hydroxyl groups is 1. The van der Waals surface area contributed by atoms with E-state index < -0.39 is 29.9 Å². The number of nitrogens with zero attached hydrogens (tertiary/aromatic N) is 4. The normalized spacial score (nSPS) is 16.8. The average molecular weight is 651 g/mol. The molecule has 2 aromatic carbocycles. The van der Waals surface area contributed by atoms with Crippen LogP contribution in [0.25, 0.3) is 16.9 Å². The van der Waals surface area contributed by atoms with Gasteiger partial charge in [-0.1, -0.05) is 0 Å². The maximum atomic E-state index is 14.9. The largest absolute Gasteiger partial charge is 0.483 e. The van der Waals surface area contributed by atoms with Gasteiger partial charge >= 0.3 is 0 Å². The number of fused-ring (bicyclic) bond motifs is 1. The third-order valence-electron chi connectivity index (χ3n) is 7.18. The Balaban J connectivity index is 0.00000160. The number of nitrogens with one attached hydrogen (secondary N) is 4. The fourth-order valence-corrected chi connectivity index (χ4v) is 4.98. The number of amides is 2. The van der Waals surface area contributed by atoms with Crippen LogP contribution in [-0.4, -0.2) is 80.8 Å². The summed E-state index contributed by atoms with van der Waals surface area (Å²) in [6, 6.07) is 8.96. The van der Waals surface area contributed by atoms with Gasteiger partial charge in [-0.3, -0.25) is 18.8 Å². The van der Waals surface area contributed by atoms with Crippen molar-refractivity contribution in [3.63, 3.8) is 0 Å². The second kappa shape index (κ2) is 15.1. The molecular formula is C31H32F2N8O6. The number of aromatic nitrogens is 3. The number of imidazole rings is 1. The van der Waals surface area contributed by atoms with Gasteiger partial charge in [-0.2, -0.15) is 9.65 Å². The lowest BCUT2D eigenvalue weighted by Gasteiger charge is -2.15. The number of benzene rings is 2. The minimum Gasteiger partial charge on any atom is -0.483 e. The number of aryl methyl sites for hydroxylation is 1. The number of nitriles is 1. The zero-order valence-corrected chi connectivity index (χ0v) is 25.4. The van der Waals surface area contributed by atoms with E-state index in [1.807, 2.05) is 0 Å². The summed E-state index contributed by atoms with van der Waals surface area (Å²) >= 11 is 0. The summed E-state index contributed by atoms with van der Waals surface area (Å²) < 4.78 is 36.0. The monoisotopic (exact) mass is 650 g/mol. The number of hydrogen-bond acceptors (Lipinski definition) is 10. The van der Waals surface area contributed by atoms with Gasteiger partial charge in [0.1, 0.15) is 6.07 Å². The van der Waals surface area contributed by atoms with Gasteiger partial charge in [-0.15, -0.1) is 0 Å². The second-order valence-electron chi connectivity index (χ2n) is 10.7. The predicted molar refractivity (Wildman–Crippen MR) is 165 cm³/mol. The fraction of sp³-hybridized carbons (Fsp3) is 0.290. The van der Waals surface area contributed by atoms with Gasteiger partial charge in [0.15, 0.2) is 29.6 Å². The Morgan fingerprint density at radius 3 is 2.64 bits per heavy atom. The van der Waals surface area contributed by atoms with Crippen LogP contribution in [0.2, 0.25) is 0 Å². The van der Waals surface area contributed by atoms with Gasteiger partial charge in [0.25, 0.3) is 12.4 Å². The summed E-state index contributed by atoms with van der Waals surface area (Å²) in [7, 11) is 0. The zero-order valence-electron chi connectivity index (χ0n) is 25.4. The van der Waals surface area contributed by atoms with Crippen LogP contribution in [0.4, 0.5) is 20.3 Å². The molecule has 14 nitrogen and oxygen atoms in total. The zero-order chi connectivity index (χ0) is 34.1. The smallest absolute Gasteiger partial charge is 0.290 e. The van der Waals surface area contributed by atoms with Crippen LogP contribution in [0.1, 0.15) is 29.3 Å². The standard InChI is InChI=1S/C30H30F2N8O4.CH2O2/c1-17-13-18(3-4-19(17)28(41)35-8-9-36-29(42)21-14-30(2,43)16-38-21)39-26-27-37-15-22(40(27)11-10-34-26)20-5-6-23(44-12-7-33)25(32)24(20)31;2-1-3/h3-6,10-11,13,15,21,38,43H,8-9,12,14,16H2,1-2H3,(H,34,39)(H,35,41)(H,36,42);1H,(H,2,3)/t21?,30-;/m0./s1. The summed E-state index contributed by atoms with van der Waals surface area (Å²) in [6.07, 6.45) is 4.77. The highest BCUT2D eigenvalue weighted by atomic mass is 19.2.